The Morgan fingerprint density at radius 3 is 1.70 bits per heavy atom. The summed E-state index contributed by atoms with van der Waals surface area (Å²) in [6.45, 7) is 5.61. The molecule has 1 rings (SSSR count). The highest BCUT2D eigenvalue weighted by molar-refractivity contribution is 5.30. The van der Waals surface area contributed by atoms with E-state index in [9.17, 15) is 5.11 Å². The third-order valence-corrected chi connectivity index (χ3v) is 6.39. The Labute approximate surface area is 203 Å². The maximum Gasteiger partial charge on any atom is 0.256 e. The maximum atomic E-state index is 11.2. The number of allylic oxidation sites excluding steroid dienone is 1. The molecule has 0 aromatic rings. The van der Waals surface area contributed by atoms with E-state index in [1.165, 1.54) is 83.5 Å². The lowest BCUT2D eigenvalue weighted by molar-refractivity contribution is -0.245. The van der Waals surface area contributed by atoms with E-state index in [-0.39, 0.29) is 0 Å². The molecule has 0 fully saturated rings. The van der Waals surface area contributed by atoms with Gasteiger partial charge in [-0.2, -0.15) is 0 Å². The van der Waals surface area contributed by atoms with Crippen LogP contribution in [0, 0.1) is 0 Å². The van der Waals surface area contributed by atoms with E-state index in [1.807, 2.05) is 0 Å². The number of aliphatic hydroxyl groups is 1. The highest BCUT2D eigenvalue weighted by Crippen LogP contribution is 2.33. The maximum absolute atomic E-state index is 11.2. The van der Waals surface area contributed by atoms with Gasteiger partial charge in [0, 0.05) is 13.2 Å². The minimum Gasteiger partial charge on any atom is -0.495 e. The fraction of sp³-hybridized carbons (Fsp3) is 0.857. The molecule has 0 saturated heterocycles. The topological polar surface area (TPSA) is 57.2 Å². The van der Waals surface area contributed by atoms with Gasteiger partial charge in [-0.15, -0.1) is 0 Å². The van der Waals surface area contributed by atoms with Crippen molar-refractivity contribution in [3.05, 3.63) is 23.7 Å². The monoisotopic (exact) mass is 468 g/mol. The predicted molar refractivity (Wildman–Crippen MR) is 136 cm³/mol. The van der Waals surface area contributed by atoms with Gasteiger partial charge in [-0.05, 0) is 18.9 Å². The minimum atomic E-state index is -1.62. The van der Waals surface area contributed by atoms with Crippen LogP contribution in [0.3, 0.4) is 0 Å². The molecule has 0 amide bonds. The van der Waals surface area contributed by atoms with E-state index in [2.05, 4.69) is 13.8 Å². The number of methoxy groups -OCH3 is 2. The fourth-order valence-corrected chi connectivity index (χ4v) is 4.25. The molecule has 0 aromatic carbocycles. The van der Waals surface area contributed by atoms with Gasteiger partial charge in [0.2, 0.25) is 0 Å². The molecular weight excluding hydrogens is 416 g/mol. The van der Waals surface area contributed by atoms with Crippen molar-refractivity contribution < 1.29 is 24.1 Å². The second-order valence-corrected chi connectivity index (χ2v) is 9.28. The van der Waals surface area contributed by atoms with Gasteiger partial charge in [0.25, 0.3) is 5.79 Å². The van der Waals surface area contributed by atoms with E-state index in [0.717, 1.165) is 19.3 Å². The summed E-state index contributed by atoms with van der Waals surface area (Å²) < 4.78 is 22.9. The molecule has 1 N–H and O–H groups in total. The highest BCUT2D eigenvalue weighted by atomic mass is 16.7. The van der Waals surface area contributed by atoms with Crippen molar-refractivity contribution >= 4 is 0 Å². The van der Waals surface area contributed by atoms with Crippen molar-refractivity contribution in [3.8, 4) is 0 Å². The Morgan fingerprint density at radius 2 is 1.21 bits per heavy atom. The van der Waals surface area contributed by atoms with Crippen molar-refractivity contribution in [2.75, 3.05) is 27.4 Å². The summed E-state index contributed by atoms with van der Waals surface area (Å²) in [5.74, 6) is -0.611. The van der Waals surface area contributed by atoms with Crippen LogP contribution in [0.1, 0.15) is 117 Å². The molecule has 0 bridgehead atoms. The first-order valence-corrected chi connectivity index (χ1v) is 13.6. The standard InChI is InChI=1S/C28H52O5/c1-5-7-9-11-13-15-17-19-21-32-25-23-26(30-3)28(29,27(24-25)31-4)33-22-20-18-16-14-12-10-8-6-2/h23-24,26,29H,5-22H2,1-4H3. The zero-order chi connectivity index (χ0) is 24.2. The summed E-state index contributed by atoms with van der Waals surface area (Å²) >= 11 is 0. The average Bonchev–Trinajstić information content (AvgIpc) is 2.82. The highest BCUT2D eigenvalue weighted by Gasteiger charge is 2.45. The van der Waals surface area contributed by atoms with Crippen molar-refractivity contribution in [1.82, 2.24) is 0 Å². The van der Waals surface area contributed by atoms with Crippen LogP contribution in [0.15, 0.2) is 23.7 Å². The first-order chi connectivity index (χ1) is 16.1. The van der Waals surface area contributed by atoms with Crippen molar-refractivity contribution in [1.29, 1.82) is 0 Å². The quantitative estimate of drug-likeness (QED) is 0.132. The third kappa shape index (κ3) is 12.3. The van der Waals surface area contributed by atoms with Crippen LogP contribution in [0.2, 0.25) is 0 Å². The lowest BCUT2D eigenvalue weighted by atomic mass is 10.0. The van der Waals surface area contributed by atoms with Crippen molar-refractivity contribution in [2.24, 2.45) is 0 Å². The minimum absolute atomic E-state index is 0.335. The van der Waals surface area contributed by atoms with Gasteiger partial charge < -0.3 is 24.1 Å². The van der Waals surface area contributed by atoms with Crippen molar-refractivity contribution in [2.45, 2.75) is 128 Å². The van der Waals surface area contributed by atoms with Crippen LogP contribution >= 0.6 is 0 Å². The fourth-order valence-electron chi connectivity index (χ4n) is 4.25. The predicted octanol–water partition coefficient (Wildman–Crippen LogP) is 7.43. The van der Waals surface area contributed by atoms with Gasteiger partial charge >= 0.3 is 0 Å². The first kappa shape index (κ1) is 30.0. The number of ether oxygens (including phenoxy) is 4. The van der Waals surface area contributed by atoms with E-state index >= 15 is 0 Å². The Hall–Kier alpha value is -1.04. The Balaban J connectivity index is 2.35. The smallest absolute Gasteiger partial charge is 0.256 e. The van der Waals surface area contributed by atoms with Crippen LogP contribution in [-0.2, 0) is 18.9 Å². The summed E-state index contributed by atoms with van der Waals surface area (Å²) in [4.78, 5) is 0. The number of rotatable bonds is 22. The van der Waals surface area contributed by atoms with E-state index in [1.54, 1.807) is 26.4 Å². The van der Waals surface area contributed by atoms with Gasteiger partial charge in [0.05, 0.1) is 20.3 Å². The number of hydrogen-bond acceptors (Lipinski definition) is 5. The van der Waals surface area contributed by atoms with Crippen LogP contribution < -0.4 is 0 Å². The van der Waals surface area contributed by atoms with Gasteiger partial charge in [-0.3, -0.25) is 0 Å². The molecule has 0 aromatic heterocycles. The largest absolute Gasteiger partial charge is 0.495 e. The molecule has 0 aliphatic heterocycles. The Kier molecular flexibility index (Phi) is 17.5. The Bertz CT molecular complexity index is 530. The molecule has 33 heavy (non-hydrogen) atoms. The van der Waals surface area contributed by atoms with Crippen molar-refractivity contribution in [3.63, 3.8) is 0 Å². The molecule has 0 saturated carbocycles. The summed E-state index contributed by atoms with van der Waals surface area (Å²) in [6.07, 6.45) is 22.7. The molecule has 2 unspecified atom stereocenters. The summed E-state index contributed by atoms with van der Waals surface area (Å²) in [5.41, 5.74) is 0. The molecule has 0 spiro atoms. The second-order valence-electron chi connectivity index (χ2n) is 9.28. The average molecular weight is 469 g/mol. The Morgan fingerprint density at radius 1 is 0.727 bits per heavy atom. The molecule has 5 heteroatoms. The lowest BCUT2D eigenvalue weighted by Crippen LogP contribution is -2.49. The van der Waals surface area contributed by atoms with E-state index in [4.69, 9.17) is 18.9 Å². The van der Waals surface area contributed by atoms with Gasteiger partial charge in [-0.1, -0.05) is 104 Å². The van der Waals surface area contributed by atoms with Gasteiger partial charge in [-0.25, -0.2) is 0 Å². The van der Waals surface area contributed by atoms with Crippen LogP contribution in [-0.4, -0.2) is 44.4 Å². The van der Waals surface area contributed by atoms with E-state index < -0.39 is 11.9 Å². The molecule has 1 aliphatic rings. The molecular formula is C28H52O5. The normalized spacial score (nSPS) is 20.5. The summed E-state index contributed by atoms with van der Waals surface area (Å²) in [5, 5.41) is 11.2. The molecule has 0 radical (unpaired) electrons. The second kappa shape index (κ2) is 19.3. The SMILES string of the molecule is CCCCCCCCCCOC1=CC(OC)C(O)(OCCCCCCCCCC)C(OC)=C1. The van der Waals surface area contributed by atoms with Gasteiger partial charge in [0.15, 0.2) is 5.76 Å². The summed E-state index contributed by atoms with van der Waals surface area (Å²) in [7, 11) is 3.12. The lowest BCUT2D eigenvalue weighted by Gasteiger charge is -2.37. The number of unbranched alkanes of at least 4 members (excludes halogenated alkanes) is 14. The van der Waals surface area contributed by atoms with E-state index in [0.29, 0.717) is 24.7 Å². The third-order valence-electron chi connectivity index (χ3n) is 6.39. The first-order valence-electron chi connectivity index (χ1n) is 13.6. The molecule has 1 aliphatic carbocycles. The molecule has 194 valence electrons. The van der Waals surface area contributed by atoms with Crippen LogP contribution in [0.25, 0.3) is 0 Å². The molecule has 2 atom stereocenters. The van der Waals surface area contributed by atoms with Crippen LogP contribution in [0.4, 0.5) is 0 Å². The zero-order valence-electron chi connectivity index (χ0n) is 22.0. The van der Waals surface area contributed by atoms with Gasteiger partial charge in [0.1, 0.15) is 11.9 Å². The summed E-state index contributed by atoms with van der Waals surface area (Å²) in [6, 6.07) is 0. The number of hydrogen-bond donors (Lipinski definition) is 1. The van der Waals surface area contributed by atoms with Crippen LogP contribution in [0.5, 0.6) is 0 Å². The molecule has 0 heterocycles. The molecule has 5 nitrogen and oxygen atoms in total. The zero-order valence-corrected chi connectivity index (χ0v) is 22.0.